The molecule has 2 aromatic rings. The lowest BCUT2D eigenvalue weighted by Crippen LogP contribution is -2.31. The van der Waals surface area contributed by atoms with E-state index in [0.717, 1.165) is 43.4 Å². The number of carbonyl (C=O) groups excluding carboxylic acids is 1. The van der Waals surface area contributed by atoms with Crippen LogP contribution in [0.3, 0.4) is 0 Å². The second-order valence-corrected chi connectivity index (χ2v) is 10.1. The maximum Gasteiger partial charge on any atom is 0.279 e. The third-order valence-electron chi connectivity index (χ3n) is 5.83. The van der Waals surface area contributed by atoms with Crippen LogP contribution in [0.25, 0.3) is 0 Å². The topological polar surface area (TPSA) is 153 Å². The van der Waals surface area contributed by atoms with Crippen LogP contribution in [-0.2, 0) is 16.4 Å². The first-order chi connectivity index (χ1) is 16.1. The molecular weight excluding hydrogens is 464 g/mol. The molecule has 2 aromatic carbocycles. The molecule has 1 N–H and O–H groups in total. The number of rotatable bonds is 8. The normalized spacial score (nSPS) is 14.9. The Labute approximate surface area is 197 Å². The Morgan fingerprint density at radius 2 is 1.50 bits per heavy atom. The van der Waals surface area contributed by atoms with Gasteiger partial charge in [-0.15, -0.1) is 0 Å². The van der Waals surface area contributed by atoms with Gasteiger partial charge in [0.25, 0.3) is 17.3 Å². The molecule has 0 atom stereocenters. The Hall–Kier alpha value is -3.38. The molecule has 1 amide bonds. The Balaban J connectivity index is 1.64. The molecule has 0 aliphatic carbocycles. The van der Waals surface area contributed by atoms with Gasteiger partial charge in [0.15, 0.2) is 0 Å². The molecule has 34 heavy (non-hydrogen) atoms. The van der Waals surface area contributed by atoms with Gasteiger partial charge in [0, 0.05) is 31.8 Å². The van der Waals surface area contributed by atoms with Crippen molar-refractivity contribution in [1.82, 2.24) is 9.62 Å². The zero-order chi connectivity index (χ0) is 24.9. The van der Waals surface area contributed by atoms with Crippen LogP contribution in [0, 0.1) is 27.2 Å². The number of nitro benzene ring substituents is 2. The van der Waals surface area contributed by atoms with Crippen LogP contribution < -0.4 is 5.32 Å². The quantitative estimate of drug-likeness (QED) is 0.440. The summed E-state index contributed by atoms with van der Waals surface area (Å²) in [6.45, 7) is 2.46. The molecular formula is C22H26N4O7S. The van der Waals surface area contributed by atoms with Crippen LogP contribution in [0.2, 0.25) is 0 Å². The van der Waals surface area contributed by atoms with Crippen molar-refractivity contribution in [2.24, 2.45) is 0 Å². The monoisotopic (exact) mass is 490 g/mol. The minimum Gasteiger partial charge on any atom is -0.352 e. The molecule has 0 aromatic heterocycles. The van der Waals surface area contributed by atoms with Crippen molar-refractivity contribution in [2.45, 2.75) is 43.9 Å². The minimum atomic E-state index is -3.54. The van der Waals surface area contributed by atoms with Gasteiger partial charge < -0.3 is 5.32 Å². The van der Waals surface area contributed by atoms with Gasteiger partial charge in [0.2, 0.25) is 10.0 Å². The highest BCUT2D eigenvalue weighted by Gasteiger charge is 2.26. The molecule has 0 unspecified atom stereocenters. The summed E-state index contributed by atoms with van der Waals surface area (Å²) in [5.41, 5.74) is -0.512. The summed E-state index contributed by atoms with van der Waals surface area (Å²) in [6, 6.07) is 8.48. The predicted octanol–water partition coefficient (Wildman–Crippen LogP) is 3.35. The highest BCUT2D eigenvalue weighted by molar-refractivity contribution is 7.89. The average molecular weight is 491 g/mol. The van der Waals surface area contributed by atoms with Gasteiger partial charge in [-0.2, -0.15) is 4.31 Å². The first-order valence-electron chi connectivity index (χ1n) is 10.9. The Morgan fingerprint density at radius 1 is 0.971 bits per heavy atom. The lowest BCUT2D eigenvalue weighted by Gasteiger charge is -2.20. The van der Waals surface area contributed by atoms with Crippen molar-refractivity contribution in [3.63, 3.8) is 0 Å². The van der Waals surface area contributed by atoms with E-state index >= 15 is 0 Å². The van der Waals surface area contributed by atoms with E-state index in [1.807, 2.05) is 0 Å². The third-order valence-corrected chi connectivity index (χ3v) is 7.75. The Morgan fingerprint density at radius 3 is 2.00 bits per heavy atom. The van der Waals surface area contributed by atoms with Crippen molar-refractivity contribution >= 4 is 27.3 Å². The first-order valence-corrected chi connectivity index (χ1v) is 12.4. The predicted molar refractivity (Wildman–Crippen MR) is 124 cm³/mol. The van der Waals surface area contributed by atoms with E-state index < -0.39 is 37.2 Å². The standard InChI is InChI=1S/C22H26N4O7S/c1-16-20(25(28)29)14-18(15-21(16)26(30)31)22(27)23-11-10-17-6-8-19(9-7-17)34(32,33)24-12-4-2-3-5-13-24/h6-9,14-15H,2-5,10-13H2,1H3,(H,23,27). The Bertz CT molecular complexity index is 1150. The maximum atomic E-state index is 12.9. The third kappa shape index (κ3) is 5.75. The molecule has 11 nitrogen and oxygen atoms in total. The molecule has 3 rings (SSSR count). The van der Waals surface area contributed by atoms with Gasteiger partial charge in [0.05, 0.1) is 20.3 Å². The van der Waals surface area contributed by atoms with Gasteiger partial charge >= 0.3 is 0 Å². The van der Waals surface area contributed by atoms with Crippen molar-refractivity contribution in [3.8, 4) is 0 Å². The van der Waals surface area contributed by atoms with Crippen LogP contribution >= 0.6 is 0 Å². The van der Waals surface area contributed by atoms with Crippen LogP contribution in [0.4, 0.5) is 11.4 Å². The first kappa shape index (κ1) is 25.2. The summed E-state index contributed by atoms with van der Waals surface area (Å²) >= 11 is 0. The summed E-state index contributed by atoms with van der Waals surface area (Å²) < 4.78 is 27.2. The van der Waals surface area contributed by atoms with Crippen molar-refractivity contribution in [2.75, 3.05) is 19.6 Å². The number of hydrogen-bond donors (Lipinski definition) is 1. The van der Waals surface area contributed by atoms with Crippen molar-refractivity contribution in [3.05, 3.63) is 73.3 Å². The van der Waals surface area contributed by atoms with Crippen molar-refractivity contribution in [1.29, 1.82) is 0 Å². The fraction of sp³-hybridized carbons (Fsp3) is 0.409. The molecule has 1 aliphatic rings. The smallest absolute Gasteiger partial charge is 0.279 e. The summed E-state index contributed by atoms with van der Waals surface area (Å²) in [4.78, 5) is 33.5. The van der Waals surface area contributed by atoms with Crippen LogP contribution in [0.1, 0.15) is 47.2 Å². The minimum absolute atomic E-state index is 0.123. The number of hydrogen-bond acceptors (Lipinski definition) is 7. The number of benzene rings is 2. The van der Waals surface area contributed by atoms with E-state index in [2.05, 4.69) is 5.32 Å². The lowest BCUT2D eigenvalue weighted by molar-refractivity contribution is -0.395. The van der Waals surface area contributed by atoms with Gasteiger partial charge in [-0.05, 0) is 43.9 Å². The van der Waals surface area contributed by atoms with E-state index in [0.29, 0.717) is 19.5 Å². The van der Waals surface area contributed by atoms with Gasteiger partial charge in [-0.3, -0.25) is 25.0 Å². The van der Waals surface area contributed by atoms with E-state index in [9.17, 15) is 33.4 Å². The fourth-order valence-corrected chi connectivity index (χ4v) is 5.39. The highest BCUT2D eigenvalue weighted by atomic mass is 32.2. The Kier molecular flexibility index (Phi) is 7.94. The van der Waals surface area contributed by atoms with E-state index in [-0.39, 0.29) is 22.6 Å². The maximum absolute atomic E-state index is 12.9. The number of nitro groups is 2. The molecule has 1 fully saturated rings. The number of sulfonamides is 1. The van der Waals surface area contributed by atoms with Gasteiger partial charge in [-0.25, -0.2) is 8.42 Å². The lowest BCUT2D eigenvalue weighted by atomic mass is 10.1. The summed E-state index contributed by atoms with van der Waals surface area (Å²) in [6.07, 6.45) is 4.14. The zero-order valence-electron chi connectivity index (χ0n) is 18.7. The molecule has 0 radical (unpaired) electrons. The number of nitrogens with zero attached hydrogens (tertiary/aromatic N) is 3. The summed E-state index contributed by atoms with van der Waals surface area (Å²) in [5, 5.41) is 25.0. The second-order valence-electron chi connectivity index (χ2n) is 8.12. The van der Waals surface area contributed by atoms with Gasteiger partial charge in [0.1, 0.15) is 5.56 Å². The van der Waals surface area contributed by atoms with Crippen LogP contribution in [0.5, 0.6) is 0 Å². The molecule has 1 aliphatic heterocycles. The fourth-order valence-electron chi connectivity index (χ4n) is 3.88. The molecule has 182 valence electrons. The average Bonchev–Trinajstić information content (AvgIpc) is 3.09. The number of nitrogens with one attached hydrogen (secondary N) is 1. The van der Waals surface area contributed by atoms with E-state index in [4.69, 9.17) is 0 Å². The molecule has 1 saturated heterocycles. The molecule has 1 heterocycles. The van der Waals surface area contributed by atoms with E-state index in [1.54, 1.807) is 24.3 Å². The molecule has 0 saturated carbocycles. The zero-order valence-corrected chi connectivity index (χ0v) is 19.5. The highest BCUT2D eigenvalue weighted by Crippen LogP contribution is 2.29. The second kappa shape index (κ2) is 10.7. The molecule has 12 heteroatoms. The van der Waals surface area contributed by atoms with Crippen molar-refractivity contribution < 1.29 is 23.1 Å². The molecule has 0 bridgehead atoms. The van der Waals surface area contributed by atoms with E-state index in [1.165, 1.54) is 11.2 Å². The SMILES string of the molecule is Cc1c([N+](=O)[O-])cc(C(=O)NCCc2ccc(S(=O)(=O)N3CCCCCC3)cc2)cc1[N+](=O)[O-]. The number of amides is 1. The summed E-state index contributed by atoms with van der Waals surface area (Å²) in [5.74, 6) is -0.674. The van der Waals surface area contributed by atoms with Crippen LogP contribution in [-0.4, -0.2) is 48.1 Å². The number of carbonyl (C=O) groups is 1. The van der Waals surface area contributed by atoms with Gasteiger partial charge in [-0.1, -0.05) is 25.0 Å². The summed E-state index contributed by atoms with van der Waals surface area (Å²) in [7, 11) is -3.54. The molecule has 0 spiro atoms. The van der Waals surface area contributed by atoms with Crippen LogP contribution in [0.15, 0.2) is 41.3 Å². The largest absolute Gasteiger partial charge is 0.352 e.